The predicted octanol–water partition coefficient (Wildman–Crippen LogP) is 3.35. The quantitative estimate of drug-likeness (QED) is 0.751. The average Bonchev–Trinajstić information content (AvgIpc) is 2.98. The van der Waals surface area contributed by atoms with Crippen LogP contribution in [0.15, 0.2) is 42.7 Å². The van der Waals surface area contributed by atoms with Crippen molar-refractivity contribution in [1.82, 2.24) is 14.8 Å². The van der Waals surface area contributed by atoms with E-state index < -0.39 is 5.82 Å². The summed E-state index contributed by atoms with van der Waals surface area (Å²) in [5.74, 6) is 2.38. The lowest BCUT2D eigenvalue weighted by Crippen LogP contribution is -2.06. The molecule has 4 nitrogen and oxygen atoms in total. The zero-order valence-corrected chi connectivity index (χ0v) is 12.8. The van der Waals surface area contributed by atoms with Gasteiger partial charge in [-0.15, -0.1) is 6.42 Å². The summed E-state index contributed by atoms with van der Waals surface area (Å²) >= 11 is 5.71. The Kier molecular flexibility index (Phi) is 4.00. The fourth-order valence-electron chi connectivity index (χ4n) is 2.34. The summed E-state index contributed by atoms with van der Waals surface area (Å²) in [6.07, 6.45) is 8.77. The molecule has 0 amide bonds. The molecule has 0 spiro atoms. The zero-order valence-electron chi connectivity index (χ0n) is 12.0. The van der Waals surface area contributed by atoms with Crippen molar-refractivity contribution in [2.24, 2.45) is 0 Å². The smallest absolute Gasteiger partial charge is 0.142 e. The Bertz CT molecular complexity index is 911. The maximum atomic E-state index is 13.6. The molecule has 0 saturated carbocycles. The molecule has 0 unspecified atom stereocenters. The highest BCUT2D eigenvalue weighted by Gasteiger charge is 2.13. The number of rotatable bonds is 3. The summed E-state index contributed by atoms with van der Waals surface area (Å²) in [5, 5.41) is 4.37. The summed E-state index contributed by atoms with van der Waals surface area (Å²) < 4.78 is 15.3. The minimum atomic E-state index is -0.463. The molecule has 3 rings (SSSR count). The standard InChI is InChI=1S/C17H12ClFN4/c1-2-12-13(5-7-21-17(12)20)16-6-8-22-23(16)10-11-3-4-14(18)15(19)9-11/h1,3-9H,10H2,(H2,20,21). The van der Waals surface area contributed by atoms with Crippen molar-refractivity contribution in [2.75, 3.05) is 5.73 Å². The normalized spacial score (nSPS) is 10.5. The zero-order chi connectivity index (χ0) is 16.4. The fraction of sp³-hybridized carbons (Fsp3) is 0.0588. The van der Waals surface area contributed by atoms with Crippen molar-refractivity contribution >= 4 is 17.4 Å². The van der Waals surface area contributed by atoms with Crippen molar-refractivity contribution < 1.29 is 4.39 Å². The van der Waals surface area contributed by atoms with Gasteiger partial charge < -0.3 is 5.73 Å². The first-order chi connectivity index (χ1) is 11.1. The number of aromatic nitrogens is 3. The third-order valence-electron chi connectivity index (χ3n) is 3.43. The van der Waals surface area contributed by atoms with E-state index in [0.717, 1.165) is 16.8 Å². The number of hydrogen-bond acceptors (Lipinski definition) is 3. The molecule has 0 atom stereocenters. The molecule has 114 valence electrons. The molecule has 3 aromatic rings. The number of anilines is 1. The van der Waals surface area contributed by atoms with Gasteiger partial charge in [0.15, 0.2) is 0 Å². The van der Waals surface area contributed by atoms with Crippen LogP contribution >= 0.6 is 11.6 Å². The second kappa shape index (κ2) is 6.11. The van der Waals surface area contributed by atoms with Crippen molar-refractivity contribution in [2.45, 2.75) is 6.54 Å². The molecular weight excluding hydrogens is 315 g/mol. The van der Waals surface area contributed by atoms with Gasteiger partial charge in [0.1, 0.15) is 11.6 Å². The second-order valence-electron chi connectivity index (χ2n) is 4.89. The van der Waals surface area contributed by atoms with Crippen LogP contribution < -0.4 is 5.73 Å². The molecule has 23 heavy (non-hydrogen) atoms. The summed E-state index contributed by atoms with van der Waals surface area (Å²) in [4.78, 5) is 4.00. The Balaban J connectivity index is 2.02. The van der Waals surface area contributed by atoms with Crippen LogP contribution in [0.3, 0.4) is 0 Å². The molecule has 2 heterocycles. The van der Waals surface area contributed by atoms with Crippen molar-refractivity contribution in [3.05, 3.63) is 64.7 Å². The monoisotopic (exact) mass is 326 g/mol. The van der Waals surface area contributed by atoms with Crippen molar-refractivity contribution in [1.29, 1.82) is 0 Å². The van der Waals surface area contributed by atoms with E-state index in [1.54, 1.807) is 29.2 Å². The summed E-state index contributed by atoms with van der Waals surface area (Å²) in [6, 6.07) is 8.26. The minimum absolute atomic E-state index is 0.0889. The van der Waals surface area contributed by atoms with Crippen LogP contribution in [0.1, 0.15) is 11.1 Å². The van der Waals surface area contributed by atoms with Gasteiger partial charge in [0, 0.05) is 18.0 Å². The molecule has 0 aliphatic heterocycles. The van der Waals surface area contributed by atoms with E-state index in [0.29, 0.717) is 12.1 Å². The summed E-state index contributed by atoms with van der Waals surface area (Å²) in [5.41, 5.74) is 8.61. The number of nitrogen functional groups attached to an aromatic ring is 1. The Hall–Kier alpha value is -2.84. The van der Waals surface area contributed by atoms with Crippen molar-refractivity contribution in [3.8, 4) is 23.6 Å². The highest BCUT2D eigenvalue weighted by molar-refractivity contribution is 6.30. The first-order valence-electron chi connectivity index (χ1n) is 6.77. The number of hydrogen-bond donors (Lipinski definition) is 1. The van der Waals surface area contributed by atoms with Gasteiger partial charge in [-0.2, -0.15) is 5.10 Å². The highest BCUT2D eigenvalue weighted by atomic mass is 35.5. The maximum Gasteiger partial charge on any atom is 0.142 e. The molecule has 2 aromatic heterocycles. The van der Waals surface area contributed by atoms with Crippen LogP contribution in [0.4, 0.5) is 10.2 Å². The van der Waals surface area contributed by atoms with Gasteiger partial charge in [-0.05, 0) is 29.8 Å². The van der Waals surface area contributed by atoms with E-state index >= 15 is 0 Å². The minimum Gasteiger partial charge on any atom is -0.383 e. The van der Waals surface area contributed by atoms with Gasteiger partial charge >= 0.3 is 0 Å². The Morgan fingerprint density at radius 2 is 2.09 bits per heavy atom. The largest absolute Gasteiger partial charge is 0.383 e. The van der Waals surface area contributed by atoms with E-state index in [1.165, 1.54) is 12.1 Å². The molecule has 0 bridgehead atoms. The third kappa shape index (κ3) is 2.89. The third-order valence-corrected chi connectivity index (χ3v) is 3.74. The molecule has 6 heteroatoms. The Morgan fingerprint density at radius 3 is 2.83 bits per heavy atom. The maximum absolute atomic E-state index is 13.6. The molecule has 0 radical (unpaired) electrons. The van der Waals surface area contributed by atoms with Crippen molar-refractivity contribution in [3.63, 3.8) is 0 Å². The molecular formula is C17H12ClFN4. The van der Waals surface area contributed by atoms with E-state index in [2.05, 4.69) is 16.0 Å². The van der Waals surface area contributed by atoms with Gasteiger partial charge in [-0.3, -0.25) is 4.68 Å². The van der Waals surface area contributed by atoms with Crippen LogP contribution in [0, 0.1) is 18.2 Å². The van der Waals surface area contributed by atoms with E-state index in [-0.39, 0.29) is 10.8 Å². The lowest BCUT2D eigenvalue weighted by molar-refractivity contribution is 0.620. The van der Waals surface area contributed by atoms with E-state index in [9.17, 15) is 4.39 Å². The van der Waals surface area contributed by atoms with Gasteiger partial charge in [0.05, 0.1) is 22.8 Å². The Labute approximate surface area is 137 Å². The Morgan fingerprint density at radius 1 is 1.26 bits per heavy atom. The number of nitrogens with zero attached hydrogens (tertiary/aromatic N) is 3. The first kappa shape index (κ1) is 15.1. The first-order valence-corrected chi connectivity index (χ1v) is 7.15. The van der Waals surface area contributed by atoms with Gasteiger partial charge in [-0.1, -0.05) is 23.6 Å². The van der Waals surface area contributed by atoms with Gasteiger partial charge in [0.25, 0.3) is 0 Å². The molecule has 0 aliphatic carbocycles. The second-order valence-corrected chi connectivity index (χ2v) is 5.29. The number of terminal acetylenes is 1. The van der Waals surface area contributed by atoms with E-state index in [4.69, 9.17) is 23.8 Å². The summed E-state index contributed by atoms with van der Waals surface area (Å²) in [6.45, 7) is 0.378. The summed E-state index contributed by atoms with van der Waals surface area (Å²) in [7, 11) is 0. The van der Waals surface area contributed by atoms with Gasteiger partial charge in [-0.25, -0.2) is 9.37 Å². The SMILES string of the molecule is C#Cc1c(-c2ccnn2Cc2ccc(Cl)c(F)c2)ccnc1N. The van der Waals surface area contributed by atoms with Gasteiger partial charge in [0.2, 0.25) is 0 Å². The fourth-order valence-corrected chi connectivity index (χ4v) is 2.46. The average molecular weight is 327 g/mol. The topological polar surface area (TPSA) is 56.7 Å². The highest BCUT2D eigenvalue weighted by Crippen LogP contribution is 2.26. The van der Waals surface area contributed by atoms with Crippen LogP contribution in [0.2, 0.25) is 5.02 Å². The molecule has 0 fully saturated rings. The van der Waals surface area contributed by atoms with Crippen LogP contribution in [-0.2, 0) is 6.54 Å². The predicted molar refractivity (Wildman–Crippen MR) is 88.3 cm³/mol. The molecule has 2 N–H and O–H groups in total. The number of pyridine rings is 1. The van der Waals surface area contributed by atoms with E-state index in [1.807, 2.05) is 6.07 Å². The van der Waals surface area contributed by atoms with Crippen LogP contribution in [0.25, 0.3) is 11.3 Å². The number of halogens is 2. The molecule has 1 aromatic carbocycles. The number of benzene rings is 1. The lowest BCUT2D eigenvalue weighted by atomic mass is 10.1. The number of nitrogens with two attached hydrogens (primary N) is 1. The van der Waals surface area contributed by atoms with Crippen LogP contribution in [0.5, 0.6) is 0 Å². The lowest BCUT2D eigenvalue weighted by Gasteiger charge is -2.11. The van der Waals surface area contributed by atoms with Crippen LogP contribution in [-0.4, -0.2) is 14.8 Å². The molecule has 0 aliphatic rings. The molecule has 0 saturated heterocycles.